The fourth-order valence-electron chi connectivity index (χ4n) is 3.58. The molecular weight excluding hydrogens is 232 g/mol. The molecule has 2 N–H and O–H groups in total. The first-order valence-electron chi connectivity index (χ1n) is 6.53. The van der Waals surface area contributed by atoms with Crippen molar-refractivity contribution >= 4 is 11.9 Å². The summed E-state index contributed by atoms with van der Waals surface area (Å²) in [6, 6.07) is 0. The molecule has 0 spiro atoms. The lowest BCUT2D eigenvalue weighted by Gasteiger charge is -2.44. The fourth-order valence-corrected chi connectivity index (χ4v) is 3.58. The summed E-state index contributed by atoms with van der Waals surface area (Å²) in [4.78, 5) is 23.5. The van der Waals surface area contributed by atoms with Crippen LogP contribution in [-0.2, 0) is 9.59 Å². The van der Waals surface area contributed by atoms with E-state index in [1.807, 2.05) is 26.8 Å². The molecule has 102 valence electrons. The summed E-state index contributed by atoms with van der Waals surface area (Å²) in [7, 11) is 0. The summed E-state index contributed by atoms with van der Waals surface area (Å²) in [5, 5.41) is 19.2. The van der Waals surface area contributed by atoms with Gasteiger partial charge in [0.05, 0.1) is 0 Å². The second-order valence-corrected chi connectivity index (χ2v) is 5.08. The number of aliphatic carboxylic acids is 2. The molecule has 0 heterocycles. The second-order valence-electron chi connectivity index (χ2n) is 5.08. The van der Waals surface area contributed by atoms with Crippen molar-refractivity contribution in [1.29, 1.82) is 0 Å². The number of carboxylic acids is 2. The number of carbonyl (C=O) groups is 2. The standard InChI is InChI=1S/C14H22O4/c1-4-13(5-2)10(3)8-6-7-9-14(13,11(15)16)12(17)18/h8H,4-7,9H2,1-3H3,(H,15,16)(H,17,18). The van der Waals surface area contributed by atoms with Crippen molar-refractivity contribution in [3.63, 3.8) is 0 Å². The Morgan fingerprint density at radius 3 is 2.11 bits per heavy atom. The topological polar surface area (TPSA) is 74.6 Å². The SMILES string of the molecule is CCC1(CC)C(C)=CCCCC1(C(=O)O)C(=O)O. The van der Waals surface area contributed by atoms with Gasteiger partial charge in [-0.25, -0.2) is 0 Å². The highest BCUT2D eigenvalue weighted by Crippen LogP contribution is 2.55. The lowest BCUT2D eigenvalue weighted by Crippen LogP contribution is -2.53. The zero-order chi connectivity index (χ0) is 14.0. The summed E-state index contributed by atoms with van der Waals surface area (Å²) < 4.78 is 0. The minimum atomic E-state index is -1.69. The largest absolute Gasteiger partial charge is 0.480 e. The quantitative estimate of drug-likeness (QED) is 0.597. The lowest BCUT2D eigenvalue weighted by atomic mass is 9.56. The van der Waals surface area contributed by atoms with Crippen molar-refractivity contribution in [3.8, 4) is 0 Å². The third-order valence-electron chi connectivity index (χ3n) is 4.72. The van der Waals surface area contributed by atoms with E-state index in [4.69, 9.17) is 0 Å². The minimum Gasteiger partial charge on any atom is -0.480 e. The van der Waals surface area contributed by atoms with Crippen LogP contribution in [0.25, 0.3) is 0 Å². The molecular formula is C14H22O4. The molecule has 1 aliphatic rings. The smallest absolute Gasteiger partial charge is 0.321 e. The van der Waals surface area contributed by atoms with Gasteiger partial charge in [0.15, 0.2) is 5.41 Å². The maximum atomic E-state index is 11.7. The van der Waals surface area contributed by atoms with Crippen LogP contribution in [0.2, 0.25) is 0 Å². The van der Waals surface area contributed by atoms with Crippen molar-refractivity contribution < 1.29 is 19.8 Å². The van der Waals surface area contributed by atoms with Gasteiger partial charge in [0.25, 0.3) is 0 Å². The molecule has 0 unspecified atom stereocenters. The molecule has 18 heavy (non-hydrogen) atoms. The van der Waals surface area contributed by atoms with Crippen molar-refractivity contribution in [2.45, 2.75) is 52.9 Å². The predicted octanol–water partition coefficient (Wildman–Crippen LogP) is 3.08. The number of hydrogen-bond donors (Lipinski definition) is 2. The van der Waals surface area contributed by atoms with Gasteiger partial charge in [0, 0.05) is 5.41 Å². The first-order chi connectivity index (χ1) is 8.39. The van der Waals surface area contributed by atoms with E-state index in [-0.39, 0.29) is 6.42 Å². The van der Waals surface area contributed by atoms with E-state index in [1.165, 1.54) is 0 Å². The predicted molar refractivity (Wildman–Crippen MR) is 68.3 cm³/mol. The third kappa shape index (κ3) is 1.74. The molecule has 1 aliphatic carbocycles. The van der Waals surface area contributed by atoms with Crippen molar-refractivity contribution in [1.82, 2.24) is 0 Å². The number of hydrogen-bond acceptors (Lipinski definition) is 2. The number of rotatable bonds is 4. The normalized spacial score (nSPS) is 21.8. The molecule has 0 saturated heterocycles. The summed E-state index contributed by atoms with van der Waals surface area (Å²) in [6.45, 7) is 5.64. The lowest BCUT2D eigenvalue weighted by molar-refractivity contribution is -0.175. The summed E-state index contributed by atoms with van der Waals surface area (Å²) in [5.41, 5.74) is -1.55. The van der Waals surface area contributed by atoms with Gasteiger partial charge in [-0.2, -0.15) is 0 Å². The van der Waals surface area contributed by atoms with E-state index in [2.05, 4.69) is 0 Å². The van der Waals surface area contributed by atoms with Gasteiger partial charge >= 0.3 is 11.9 Å². The van der Waals surface area contributed by atoms with Crippen LogP contribution >= 0.6 is 0 Å². The molecule has 0 amide bonds. The Bertz CT molecular complexity index is 363. The Morgan fingerprint density at radius 2 is 1.72 bits per heavy atom. The Labute approximate surface area is 108 Å². The first kappa shape index (κ1) is 14.7. The summed E-state index contributed by atoms with van der Waals surface area (Å²) in [5.74, 6) is -2.40. The second kappa shape index (κ2) is 5.12. The summed E-state index contributed by atoms with van der Waals surface area (Å²) in [6.07, 6.45) is 4.65. The zero-order valence-electron chi connectivity index (χ0n) is 11.3. The molecule has 0 saturated carbocycles. The van der Waals surface area contributed by atoms with Crippen LogP contribution in [0.3, 0.4) is 0 Å². The van der Waals surface area contributed by atoms with Gasteiger partial charge in [-0.15, -0.1) is 0 Å². The third-order valence-corrected chi connectivity index (χ3v) is 4.72. The van der Waals surface area contributed by atoms with Crippen LogP contribution < -0.4 is 0 Å². The van der Waals surface area contributed by atoms with E-state index < -0.39 is 22.8 Å². The van der Waals surface area contributed by atoms with Crippen LogP contribution in [0.4, 0.5) is 0 Å². The Kier molecular flexibility index (Phi) is 4.20. The molecule has 1 rings (SSSR count). The van der Waals surface area contributed by atoms with Gasteiger partial charge in [-0.1, -0.05) is 25.5 Å². The number of allylic oxidation sites excluding steroid dienone is 2. The molecule has 0 aromatic rings. The van der Waals surface area contributed by atoms with E-state index in [0.29, 0.717) is 19.3 Å². The molecule has 0 atom stereocenters. The van der Waals surface area contributed by atoms with Gasteiger partial charge in [-0.05, 0) is 39.0 Å². The molecule has 0 radical (unpaired) electrons. The van der Waals surface area contributed by atoms with E-state index >= 15 is 0 Å². The maximum Gasteiger partial charge on any atom is 0.321 e. The number of carboxylic acid groups (broad SMARTS) is 2. The van der Waals surface area contributed by atoms with Crippen LogP contribution in [0.1, 0.15) is 52.9 Å². The molecule has 0 fully saturated rings. The fraction of sp³-hybridized carbons (Fsp3) is 0.714. The first-order valence-corrected chi connectivity index (χ1v) is 6.53. The zero-order valence-corrected chi connectivity index (χ0v) is 11.3. The monoisotopic (exact) mass is 254 g/mol. The molecule has 0 aliphatic heterocycles. The van der Waals surface area contributed by atoms with Gasteiger partial charge in [0.1, 0.15) is 0 Å². The van der Waals surface area contributed by atoms with Crippen molar-refractivity contribution in [2.75, 3.05) is 0 Å². The van der Waals surface area contributed by atoms with Crippen LogP contribution in [0.15, 0.2) is 11.6 Å². The van der Waals surface area contributed by atoms with Crippen molar-refractivity contribution in [2.24, 2.45) is 10.8 Å². The van der Waals surface area contributed by atoms with Crippen LogP contribution in [-0.4, -0.2) is 22.2 Å². The molecule has 4 heteroatoms. The average Bonchev–Trinajstić information content (AvgIpc) is 2.46. The van der Waals surface area contributed by atoms with Gasteiger partial charge in [-0.3, -0.25) is 9.59 Å². The van der Waals surface area contributed by atoms with Crippen LogP contribution in [0, 0.1) is 10.8 Å². The highest BCUT2D eigenvalue weighted by Gasteiger charge is 2.61. The Hall–Kier alpha value is -1.32. The van der Waals surface area contributed by atoms with E-state index in [9.17, 15) is 19.8 Å². The Morgan fingerprint density at radius 1 is 1.22 bits per heavy atom. The van der Waals surface area contributed by atoms with Gasteiger partial charge < -0.3 is 10.2 Å². The van der Waals surface area contributed by atoms with E-state index in [1.54, 1.807) is 0 Å². The maximum absolute atomic E-state index is 11.7. The molecule has 0 aromatic heterocycles. The summed E-state index contributed by atoms with van der Waals surface area (Å²) >= 11 is 0. The molecule has 4 nitrogen and oxygen atoms in total. The van der Waals surface area contributed by atoms with Gasteiger partial charge in [0.2, 0.25) is 0 Å². The minimum absolute atomic E-state index is 0.202. The highest BCUT2D eigenvalue weighted by molar-refractivity contribution is 6.00. The molecule has 0 aromatic carbocycles. The van der Waals surface area contributed by atoms with Crippen LogP contribution in [0.5, 0.6) is 0 Å². The van der Waals surface area contributed by atoms with E-state index in [0.717, 1.165) is 12.0 Å². The Balaban J connectivity index is 3.57. The highest BCUT2D eigenvalue weighted by atomic mass is 16.4. The van der Waals surface area contributed by atoms with Crippen molar-refractivity contribution in [3.05, 3.63) is 11.6 Å². The molecule has 0 bridgehead atoms. The average molecular weight is 254 g/mol.